The van der Waals surface area contributed by atoms with Gasteiger partial charge in [0.15, 0.2) is 19.7 Å². The van der Waals surface area contributed by atoms with Gasteiger partial charge >= 0.3 is 0 Å². The van der Waals surface area contributed by atoms with Gasteiger partial charge in [0, 0.05) is 27.1 Å². The lowest BCUT2D eigenvalue weighted by atomic mass is 10.1. The molecule has 0 amide bonds. The van der Waals surface area contributed by atoms with Crippen molar-refractivity contribution in [1.29, 1.82) is 0 Å². The molecular weight excluding hydrogens is 929 g/mol. The molecular formula is C69H46N4OSi. The van der Waals surface area contributed by atoms with Crippen LogP contribution in [0, 0.1) is 0 Å². The molecule has 0 saturated heterocycles. The van der Waals surface area contributed by atoms with Gasteiger partial charge in [0.25, 0.3) is 0 Å². The number of furan rings is 1. The molecule has 0 fully saturated rings. The van der Waals surface area contributed by atoms with Gasteiger partial charge in [0.05, 0.1) is 16.6 Å². The van der Waals surface area contributed by atoms with Crippen LogP contribution in [0.15, 0.2) is 283 Å². The Labute approximate surface area is 435 Å². The highest BCUT2D eigenvalue weighted by Gasteiger charge is 2.42. The molecule has 3 heterocycles. The quantitative estimate of drug-likeness (QED) is 0.101. The summed E-state index contributed by atoms with van der Waals surface area (Å²) in [5.74, 6) is 1.61. The van der Waals surface area contributed by atoms with E-state index in [4.69, 9.17) is 19.4 Å². The molecule has 0 unspecified atom stereocenters. The molecule has 14 rings (SSSR count). The lowest BCUT2D eigenvalue weighted by molar-refractivity contribution is 0.669. The van der Waals surface area contributed by atoms with Crippen molar-refractivity contribution in [3.63, 3.8) is 0 Å². The third kappa shape index (κ3) is 7.58. The summed E-state index contributed by atoms with van der Waals surface area (Å²) >= 11 is 0. The van der Waals surface area contributed by atoms with Crippen LogP contribution < -0.4 is 20.7 Å². The molecule has 6 heteroatoms. The number of rotatable bonds is 10. The minimum absolute atomic E-state index is 0.524. The van der Waals surface area contributed by atoms with E-state index in [1.165, 1.54) is 37.4 Å². The van der Waals surface area contributed by atoms with E-state index in [9.17, 15) is 0 Å². The second-order valence-electron chi connectivity index (χ2n) is 19.1. The molecule has 0 radical (unpaired) electrons. The largest absolute Gasteiger partial charge is 0.455 e. The van der Waals surface area contributed by atoms with Crippen molar-refractivity contribution in [2.75, 3.05) is 0 Å². The molecule has 0 aliphatic carbocycles. The Morgan fingerprint density at radius 1 is 0.293 bits per heavy atom. The number of para-hydroxylation sites is 4. The van der Waals surface area contributed by atoms with E-state index in [1.807, 2.05) is 12.1 Å². The van der Waals surface area contributed by atoms with Gasteiger partial charge in [-0.05, 0) is 78.4 Å². The maximum absolute atomic E-state index is 6.69. The van der Waals surface area contributed by atoms with Crippen LogP contribution in [0.1, 0.15) is 0 Å². The average Bonchev–Trinajstić information content (AvgIpc) is 4.06. The van der Waals surface area contributed by atoms with E-state index in [2.05, 4.69) is 271 Å². The molecule has 0 spiro atoms. The Balaban J connectivity index is 1.06. The Bertz CT molecular complexity index is 4180. The Hall–Kier alpha value is -9.75. The van der Waals surface area contributed by atoms with Crippen LogP contribution in [-0.2, 0) is 0 Å². The predicted octanol–water partition coefficient (Wildman–Crippen LogP) is 14.6. The first kappa shape index (κ1) is 44.0. The summed E-state index contributed by atoms with van der Waals surface area (Å²) in [6, 6.07) is 100. The molecule has 3 aromatic heterocycles. The van der Waals surface area contributed by atoms with E-state index in [0.29, 0.717) is 17.6 Å². The second-order valence-corrected chi connectivity index (χ2v) is 22.9. The molecule has 11 aromatic carbocycles. The maximum Gasteiger partial charge on any atom is 0.238 e. The maximum atomic E-state index is 6.69. The van der Waals surface area contributed by atoms with Crippen molar-refractivity contribution in [2.45, 2.75) is 0 Å². The van der Waals surface area contributed by atoms with Crippen LogP contribution in [0.4, 0.5) is 0 Å². The standard InChI is InChI=1S/C69H46N4OSi/c1-4-21-47(22-5-1)50-27-16-31-54(43-50)75(55-32-17-28-51(44-55)48-23-6-2-7-24-48,56-33-18-29-52(45-56)49-25-8-3-9-26-49)57-34-19-30-53(46-57)67-70-68(62-39-20-38-61-60-37-12-15-42-65(60)74-66(61)62)72-69(71-67)73-63-40-13-10-35-58(63)59-36-11-14-41-64(59)73/h1-46H. The van der Waals surface area contributed by atoms with E-state index in [1.54, 1.807) is 0 Å². The summed E-state index contributed by atoms with van der Waals surface area (Å²) in [5, 5.41) is 9.28. The van der Waals surface area contributed by atoms with Crippen LogP contribution in [0.25, 0.3) is 106 Å². The molecule has 0 aliphatic heterocycles. The summed E-state index contributed by atoms with van der Waals surface area (Å²) in [7, 11) is -3.32. The SMILES string of the molecule is c1ccc(-c2cccc([Si](c3cccc(-c4ccccc4)c3)(c3cccc(-c4ccccc4)c3)c3cccc(-c4nc(-c5cccc6c5oc5ccccc56)nc(-n5c6ccccc6c6ccccc65)n4)c3)c2)cc1. The minimum Gasteiger partial charge on any atom is -0.455 e. The van der Waals surface area contributed by atoms with Crippen LogP contribution in [0.5, 0.6) is 0 Å². The first-order valence-electron chi connectivity index (χ1n) is 25.4. The van der Waals surface area contributed by atoms with Crippen molar-refractivity contribution in [1.82, 2.24) is 19.5 Å². The third-order valence-corrected chi connectivity index (χ3v) is 19.5. The van der Waals surface area contributed by atoms with Crippen molar-refractivity contribution < 1.29 is 4.42 Å². The lowest BCUT2D eigenvalue weighted by Crippen LogP contribution is -2.74. The zero-order valence-corrected chi connectivity index (χ0v) is 41.8. The summed E-state index contributed by atoms with van der Waals surface area (Å²) < 4.78 is 8.87. The number of aromatic nitrogens is 4. The molecule has 14 aromatic rings. The molecule has 0 atom stereocenters. The number of fused-ring (bicyclic) bond motifs is 6. The van der Waals surface area contributed by atoms with E-state index < -0.39 is 8.07 Å². The van der Waals surface area contributed by atoms with Crippen molar-refractivity contribution >= 4 is 72.6 Å². The van der Waals surface area contributed by atoms with Crippen molar-refractivity contribution in [3.05, 3.63) is 279 Å². The zero-order valence-electron chi connectivity index (χ0n) is 40.8. The highest BCUT2D eigenvalue weighted by Crippen LogP contribution is 2.37. The van der Waals surface area contributed by atoms with Crippen molar-refractivity contribution in [2.24, 2.45) is 0 Å². The van der Waals surface area contributed by atoms with Gasteiger partial charge in [0.2, 0.25) is 5.95 Å². The first-order chi connectivity index (χ1) is 37.2. The summed E-state index contributed by atoms with van der Waals surface area (Å²) in [6.45, 7) is 0. The number of benzene rings is 11. The highest BCUT2D eigenvalue weighted by atomic mass is 28.3. The minimum atomic E-state index is -3.32. The van der Waals surface area contributed by atoms with E-state index in [0.717, 1.165) is 71.6 Å². The molecule has 0 N–H and O–H groups in total. The third-order valence-electron chi connectivity index (χ3n) is 14.8. The molecule has 5 nitrogen and oxygen atoms in total. The Morgan fingerprint density at radius 3 is 1.20 bits per heavy atom. The summed E-state index contributed by atoms with van der Waals surface area (Å²) in [4.78, 5) is 16.4. The molecule has 0 saturated carbocycles. The van der Waals surface area contributed by atoms with Gasteiger partial charge < -0.3 is 4.42 Å². The van der Waals surface area contributed by atoms with Gasteiger partial charge in [-0.2, -0.15) is 9.97 Å². The smallest absolute Gasteiger partial charge is 0.238 e. The molecule has 0 bridgehead atoms. The summed E-state index contributed by atoms with van der Waals surface area (Å²) in [6.07, 6.45) is 0. The predicted molar refractivity (Wildman–Crippen MR) is 312 cm³/mol. The fourth-order valence-electron chi connectivity index (χ4n) is 11.4. The molecule has 75 heavy (non-hydrogen) atoms. The fourth-order valence-corrected chi connectivity index (χ4v) is 16.2. The van der Waals surface area contributed by atoms with Gasteiger partial charge in [-0.3, -0.25) is 4.57 Å². The lowest BCUT2D eigenvalue weighted by Gasteiger charge is -2.35. The van der Waals surface area contributed by atoms with Crippen LogP contribution in [0.3, 0.4) is 0 Å². The monoisotopic (exact) mass is 974 g/mol. The number of hydrogen-bond acceptors (Lipinski definition) is 4. The zero-order chi connectivity index (χ0) is 49.7. The van der Waals surface area contributed by atoms with Crippen LogP contribution in [-0.4, -0.2) is 27.6 Å². The number of nitrogens with zero attached hydrogens (tertiary/aromatic N) is 4. The van der Waals surface area contributed by atoms with Crippen LogP contribution >= 0.6 is 0 Å². The number of hydrogen-bond donors (Lipinski definition) is 0. The van der Waals surface area contributed by atoms with Crippen molar-refractivity contribution in [3.8, 4) is 62.1 Å². The van der Waals surface area contributed by atoms with E-state index in [-0.39, 0.29) is 0 Å². The Morgan fingerprint density at radius 2 is 0.680 bits per heavy atom. The molecule has 352 valence electrons. The van der Waals surface area contributed by atoms with Gasteiger partial charge in [-0.15, -0.1) is 0 Å². The van der Waals surface area contributed by atoms with Crippen LogP contribution in [0.2, 0.25) is 0 Å². The van der Waals surface area contributed by atoms with Gasteiger partial charge in [-0.1, -0.05) is 255 Å². The van der Waals surface area contributed by atoms with Gasteiger partial charge in [0.1, 0.15) is 11.2 Å². The molecule has 0 aliphatic rings. The normalized spacial score (nSPS) is 11.7. The van der Waals surface area contributed by atoms with E-state index >= 15 is 0 Å². The van der Waals surface area contributed by atoms with Gasteiger partial charge in [-0.25, -0.2) is 4.98 Å². The first-order valence-corrected chi connectivity index (χ1v) is 27.4. The topological polar surface area (TPSA) is 56.7 Å². The average molecular weight is 975 g/mol. The fraction of sp³-hybridized carbons (Fsp3) is 0. The second kappa shape index (κ2) is 18.4. The Kier molecular flexibility index (Phi) is 10.8. The summed E-state index contributed by atoms with van der Waals surface area (Å²) in [5.41, 5.74) is 12.2. The highest BCUT2D eigenvalue weighted by molar-refractivity contribution is 7.20.